The van der Waals surface area contributed by atoms with Crippen LogP contribution in [0.25, 0.3) is 22.6 Å². The summed E-state index contributed by atoms with van der Waals surface area (Å²) < 4.78 is 18.6. The lowest BCUT2D eigenvalue weighted by molar-refractivity contribution is 0.602. The summed E-state index contributed by atoms with van der Waals surface area (Å²) in [7, 11) is 0. The molecule has 0 fully saturated rings. The lowest BCUT2D eigenvalue weighted by Crippen LogP contribution is -1.89. The van der Waals surface area contributed by atoms with Gasteiger partial charge in [-0.05, 0) is 24.3 Å². The van der Waals surface area contributed by atoms with Crippen LogP contribution in [0.3, 0.4) is 0 Å². The van der Waals surface area contributed by atoms with E-state index in [0.29, 0.717) is 38.3 Å². The zero-order chi connectivity index (χ0) is 13.6. The summed E-state index contributed by atoms with van der Waals surface area (Å²) in [6.07, 6.45) is 0. The number of aromatic nitrogens is 1. The molecule has 0 unspecified atom stereocenters. The van der Waals surface area contributed by atoms with Crippen LogP contribution in [0.15, 0.2) is 34.7 Å². The van der Waals surface area contributed by atoms with Gasteiger partial charge in [-0.2, -0.15) is 0 Å². The van der Waals surface area contributed by atoms with Crippen LogP contribution in [0.5, 0.6) is 0 Å². The molecule has 0 aliphatic rings. The molecule has 0 amide bonds. The van der Waals surface area contributed by atoms with Gasteiger partial charge in [0.25, 0.3) is 0 Å². The average Bonchev–Trinajstić information content (AvgIpc) is 2.78. The minimum absolute atomic E-state index is 0.300. The number of nitrogens with zero attached hydrogens (tertiary/aromatic N) is 1. The molecule has 0 spiro atoms. The Bertz CT molecular complexity index is 762. The third-order valence-electron chi connectivity index (χ3n) is 2.68. The lowest BCUT2D eigenvalue weighted by atomic mass is 10.2. The van der Waals surface area contributed by atoms with Gasteiger partial charge in [0.15, 0.2) is 5.58 Å². The van der Waals surface area contributed by atoms with E-state index in [1.54, 1.807) is 12.1 Å². The van der Waals surface area contributed by atoms with E-state index in [4.69, 9.17) is 33.4 Å². The fraction of sp³-hybridized carbons (Fsp3) is 0. The minimum atomic E-state index is -0.386. The number of hydrogen-bond acceptors (Lipinski definition) is 3. The Balaban J connectivity index is 2.19. The normalized spacial score (nSPS) is 11.1. The van der Waals surface area contributed by atoms with Crippen LogP contribution in [0.1, 0.15) is 0 Å². The average molecular weight is 297 g/mol. The largest absolute Gasteiger partial charge is 0.436 e. The van der Waals surface area contributed by atoms with E-state index in [2.05, 4.69) is 4.98 Å². The maximum absolute atomic E-state index is 13.1. The summed E-state index contributed by atoms with van der Waals surface area (Å²) in [5.74, 6) is -0.0760. The SMILES string of the molecule is Nc1c(Cl)cc(-c2nc3ccc(F)cc3o2)cc1Cl. The monoisotopic (exact) mass is 296 g/mol. The molecule has 0 aliphatic heterocycles. The number of rotatable bonds is 1. The van der Waals surface area contributed by atoms with E-state index >= 15 is 0 Å². The van der Waals surface area contributed by atoms with Crippen LogP contribution in [0.2, 0.25) is 10.0 Å². The second-order valence-corrected chi connectivity index (χ2v) is 4.80. The molecule has 3 aromatic rings. The predicted octanol–water partition coefficient (Wildman–Crippen LogP) is 4.52. The summed E-state index contributed by atoms with van der Waals surface area (Å²) in [5.41, 5.74) is 7.46. The Labute approximate surface area is 117 Å². The van der Waals surface area contributed by atoms with Crippen molar-refractivity contribution in [3.05, 3.63) is 46.2 Å². The highest BCUT2D eigenvalue weighted by molar-refractivity contribution is 6.39. The molecule has 0 saturated heterocycles. The number of oxazole rings is 1. The quantitative estimate of drug-likeness (QED) is 0.672. The highest BCUT2D eigenvalue weighted by Gasteiger charge is 2.12. The van der Waals surface area contributed by atoms with Gasteiger partial charge in [-0.1, -0.05) is 23.2 Å². The summed E-state index contributed by atoms with van der Waals surface area (Å²) in [5, 5.41) is 0.631. The van der Waals surface area contributed by atoms with E-state index in [0.717, 1.165) is 0 Å². The molecule has 1 heterocycles. The third-order valence-corrected chi connectivity index (χ3v) is 3.30. The van der Waals surface area contributed by atoms with Gasteiger partial charge in [-0.15, -0.1) is 0 Å². The van der Waals surface area contributed by atoms with Crippen molar-refractivity contribution >= 4 is 40.0 Å². The predicted molar refractivity (Wildman–Crippen MR) is 73.8 cm³/mol. The van der Waals surface area contributed by atoms with E-state index in [9.17, 15) is 4.39 Å². The first kappa shape index (κ1) is 12.3. The molecule has 2 N–H and O–H groups in total. The van der Waals surface area contributed by atoms with Gasteiger partial charge in [-0.3, -0.25) is 0 Å². The third kappa shape index (κ3) is 2.13. The van der Waals surface area contributed by atoms with Crippen LogP contribution in [0.4, 0.5) is 10.1 Å². The summed E-state index contributed by atoms with van der Waals surface area (Å²) >= 11 is 11.9. The van der Waals surface area contributed by atoms with Crippen molar-refractivity contribution in [2.45, 2.75) is 0 Å². The van der Waals surface area contributed by atoms with Crippen LogP contribution in [-0.2, 0) is 0 Å². The van der Waals surface area contributed by atoms with Crippen molar-refractivity contribution in [3.8, 4) is 11.5 Å². The lowest BCUT2D eigenvalue weighted by Gasteiger charge is -2.03. The molecular weight excluding hydrogens is 290 g/mol. The number of nitrogens with two attached hydrogens (primary N) is 1. The molecular formula is C13H7Cl2FN2O. The fourth-order valence-electron chi connectivity index (χ4n) is 1.73. The summed E-state index contributed by atoms with van der Waals surface area (Å²) in [4.78, 5) is 4.24. The number of hydrogen-bond donors (Lipinski definition) is 1. The van der Waals surface area contributed by atoms with Gasteiger partial charge >= 0.3 is 0 Å². The second kappa shape index (κ2) is 4.40. The Hall–Kier alpha value is -1.78. The zero-order valence-corrected chi connectivity index (χ0v) is 11.0. The fourth-order valence-corrected chi connectivity index (χ4v) is 2.22. The van der Waals surface area contributed by atoms with Gasteiger partial charge in [-0.25, -0.2) is 9.37 Å². The van der Waals surface area contributed by atoms with Crippen molar-refractivity contribution < 1.29 is 8.81 Å². The smallest absolute Gasteiger partial charge is 0.227 e. The number of anilines is 1. The molecule has 19 heavy (non-hydrogen) atoms. The molecule has 3 nitrogen and oxygen atoms in total. The maximum atomic E-state index is 13.1. The van der Waals surface area contributed by atoms with Crippen molar-refractivity contribution in [2.75, 3.05) is 5.73 Å². The Morgan fingerprint density at radius 2 is 1.79 bits per heavy atom. The summed E-state index contributed by atoms with van der Waals surface area (Å²) in [6, 6.07) is 7.33. The first-order chi connectivity index (χ1) is 9.04. The minimum Gasteiger partial charge on any atom is -0.436 e. The van der Waals surface area contributed by atoms with Gasteiger partial charge in [0.05, 0.1) is 15.7 Å². The molecule has 0 bridgehead atoms. The van der Waals surface area contributed by atoms with Crippen LogP contribution < -0.4 is 5.73 Å². The molecule has 0 aliphatic carbocycles. The topological polar surface area (TPSA) is 52.0 Å². The first-order valence-electron chi connectivity index (χ1n) is 5.35. The zero-order valence-electron chi connectivity index (χ0n) is 9.45. The molecule has 96 valence electrons. The Morgan fingerprint density at radius 1 is 1.11 bits per heavy atom. The molecule has 1 aromatic heterocycles. The molecule has 0 saturated carbocycles. The van der Waals surface area contributed by atoms with E-state index in [1.807, 2.05) is 0 Å². The molecule has 3 rings (SSSR count). The Morgan fingerprint density at radius 3 is 2.47 bits per heavy atom. The number of benzene rings is 2. The van der Waals surface area contributed by atoms with Crippen LogP contribution in [0, 0.1) is 5.82 Å². The maximum Gasteiger partial charge on any atom is 0.227 e. The van der Waals surface area contributed by atoms with E-state index in [-0.39, 0.29) is 5.82 Å². The molecule has 0 atom stereocenters. The van der Waals surface area contributed by atoms with E-state index in [1.165, 1.54) is 18.2 Å². The molecule has 6 heteroatoms. The first-order valence-corrected chi connectivity index (χ1v) is 6.11. The number of fused-ring (bicyclic) bond motifs is 1. The van der Waals surface area contributed by atoms with Crippen molar-refractivity contribution in [1.29, 1.82) is 0 Å². The van der Waals surface area contributed by atoms with Gasteiger partial charge in [0, 0.05) is 11.6 Å². The molecule has 0 radical (unpaired) electrons. The van der Waals surface area contributed by atoms with Gasteiger partial charge < -0.3 is 10.2 Å². The van der Waals surface area contributed by atoms with Gasteiger partial charge in [0.1, 0.15) is 11.3 Å². The standard InChI is InChI=1S/C13H7Cl2FN2O/c14-8-3-6(4-9(15)12(8)17)13-18-10-2-1-7(16)5-11(10)19-13/h1-5H,17H2. The highest BCUT2D eigenvalue weighted by Crippen LogP contribution is 2.34. The second-order valence-electron chi connectivity index (χ2n) is 3.98. The van der Waals surface area contributed by atoms with Gasteiger partial charge in [0.2, 0.25) is 5.89 Å². The van der Waals surface area contributed by atoms with Crippen LogP contribution >= 0.6 is 23.2 Å². The van der Waals surface area contributed by atoms with Crippen molar-refractivity contribution in [1.82, 2.24) is 4.98 Å². The number of halogens is 3. The molecule has 2 aromatic carbocycles. The van der Waals surface area contributed by atoms with E-state index < -0.39 is 0 Å². The van der Waals surface area contributed by atoms with Crippen molar-refractivity contribution in [2.24, 2.45) is 0 Å². The van der Waals surface area contributed by atoms with Crippen LogP contribution in [-0.4, -0.2) is 4.98 Å². The Kier molecular flexibility index (Phi) is 2.84. The van der Waals surface area contributed by atoms with Crippen molar-refractivity contribution in [3.63, 3.8) is 0 Å². The summed E-state index contributed by atoms with van der Waals surface area (Å²) in [6.45, 7) is 0. The highest BCUT2D eigenvalue weighted by atomic mass is 35.5. The number of nitrogen functional groups attached to an aromatic ring is 1.